The maximum absolute atomic E-state index is 11.6. The Hall–Kier alpha value is -0.650. The van der Waals surface area contributed by atoms with Crippen molar-refractivity contribution < 1.29 is 4.79 Å². The summed E-state index contributed by atoms with van der Waals surface area (Å²) in [7, 11) is 1.98. The summed E-state index contributed by atoms with van der Waals surface area (Å²) in [5.41, 5.74) is 2.26. The lowest BCUT2D eigenvalue weighted by molar-refractivity contribution is -0.127. The third-order valence-corrected chi connectivity index (χ3v) is 3.32. The van der Waals surface area contributed by atoms with Crippen LogP contribution < -0.4 is 16.6 Å². The molecule has 5 heteroatoms. The van der Waals surface area contributed by atoms with Crippen molar-refractivity contribution in [1.29, 1.82) is 0 Å². The van der Waals surface area contributed by atoms with Crippen molar-refractivity contribution in [2.45, 2.75) is 32.2 Å². The Morgan fingerprint density at radius 1 is 1.62 bits per heavy atom. The van der Waals surface area contributed by atoms with Crippen LogP contribution in [0.3, 0.4) is 0 Å². The number of nitrogens with one attached hydrogen (secondary N) is 2. The number of likely N-dealkylation sites (tertiary alicyclic amines) is 1. The van der Waals surface area contributed by atoms with Gasteiger partial charge in [0.05, 0.1) is 6.04 Å². The number of amides is 1. The Kier molecular flexibility index (Phi) is 5.73. The lowest BCUT2D eigenvalue weighted by Crippen LogP contribution is -2.52. The highest BCUT2D eigenvalue weighted by Crippen LogP contribution is 2.19. The molecule has 1 aliphatic heterocycles. The molecule has 0 bridgehead atoms. The largest absolute Gasteiger partial charge is 0.319 e. The second kappa shape index (κ2) is 6.83. The van der Waals surface area contributed by atoms with E-state index < -0.39 is 0 Å². The Morgan fingerprint density at radius 3 is 2.94 bits per heavy atom. The molecular weight excluding hydrogens is 204 g/mol. The minimum atomic E-state index is -0.0651. The van der Waals surface area contributed by atoms with E-state index in [2.05, 4.69) is 15.6 Å². The van der Waals surface area contributed by atoms with Gasteiger partial charge in [-0.05, 0) is 45.3 Å². The average molecular weight is 228 g/mol. The fraction of sp³-hybridized carbons (Fsp3) is 0.909. The molecule has 4 N–H and O–H groups in total. The van der Waals surface area contributed by atoms with E-state index in [1.165, 1.54) is 12.8 Å². The van der Waals surface area contributed by atoms with Gasteiger partial charge in [-0.2, -0.15) is 0 Å². The van der Waals surface area contributed by atoms with Crippen molar-refractivity contribution in [1.82, 2.24) is 15.6 Å². The van der Waals surface area contributed by atoms with Gasteiger partial charge in [0.1, 0.15) is 0 Å². The van der Waals surface area contributed by atoms with Gasteiger partial charge >= 0.3 is 0 Å². The summed E-state index contributed by atoms with van der Waals surface area (Å²) in [6.07, 6.45) is 3.23. The zero-order chi connectivity index (χ0) is 12.0. The molecule has 2 atom stereocenters. The van der Waals surface area contributed by atoms with Crippen LogP contribution in [0.4, 0.5) is 0 Å². The second-order valence-electron chi connectivity index (χ2n) is 4.49. The highest BCUT2D eigenvalue weighted by Gasteiger charge is 2.28. The van der Waals surface area contributed by atoms with Crippen LogP contribution in [0, 0.1) is 5.92 Å². The van der Waals surface area contributed by atoms with E-state index >= 15 is 0 Å². The molecule has 1 fully saturated rings. The molecule has 0 aromatic carbocycles. The first-order valence-corrected chi connectivity index (χ1v) is 6.12. The van der Waals surface area contributed by atoms with Crippen LogP contribution in [0.25, 0.3) is 0 Å². The van der Waals surface area contributed by atoms with Crippen molar-refractivity contribution in [2.24, 2.45) is 11.8 Å². The smallest absolute Gasteiger partial charge is 0.251 e. The van der Waals surface area contributed by atoms with Crippen LogP contribution in [0.15, 0.2) is 0 Å². The number of nitrogens with two attached hydrogens (primary N) is 1. The number of carbonyl (C=O) groups excluding carboxylic acids is 1. The van der Waals surface area contributed by atoms with E-state index in [0.29, 0.717) is 5.92 Å². The van der Waals surface area contributed by atoms with Gasteiger partial charge in [0, 0.05) is 6.54 Å². The average Bonchev–Trinajstić information content (AvgIpc) is 2.31. The van der Waals surface area contributed by atoms with Crippen molar-refractivity contribution in [2.75, 3.05) is 26.7 Å². The Labute approximate surface area is 97.7 Å². The fourth-order valence-electron chi connectivity index (χ4n) is 2.54. The van der Waals surface area contributed by atoms with Crippen molar-refractivity contribution in [3.8, 4) is 0 Å². The third kappa shape index (κ3) is 3.43. The van der Waals surface area contributed by atoms with Crippen molar-refractivity contribution >= 4 is 5.91 Å². The first kappa shape index (κ1) is 13.4. The van der Waals surface area contributed by atoms with Gasteiger partial charge in [0.15, 0.2) is 0 Å². The summed E-state index contributed by atoms with van der Waals surface area (Å²) in [5.74, 6) is 5.80. The normalized spacial score (nSPS) is 24.1. The molecule has 1 heterocycles. The molecule has 0 spiro atoms. The molecule has 1 amide bonds. The molecule has 0 aromatic rings. The van der Waals surface area contributed by atoms with Gasteiger partial charge < -0.3 is 5.32 Å². The van der Waals surface area contributed by atoms with E-state index in [4.69, 9.17) is 5.84 Å². The summed E-state index contributed by atoms with van der Waals surface area (Å²) in [6, 6.07) is -0.0651. The van der Waals surface area contributed by atoms with Crippen molar-refractivity contribution in [3.05, 3.63) is 0 Å². The van der Waals surface area contributed by atoms with Crippen molar-refractivity contribution in [3.63, 3.8) is 0 Å². The molecule has 1 aliphatic rings. The van der Waals surface area contributed by atoms with Gasteiger partial charge in [-0.25, -0.2) is 5.84 Å². The van der Waals surface area contributed by atoms with Gasteiger partial charge in [0.25, 0.3) is 5.91 Å². The highest BCUT2D eigenvalue weighted by molar-refractivity contribution is 5.81. The number of hydrogen-bond donors (Lipinski definition) is 3. The highest BCUT2D eigenvalue weighted by atomic mass is 16.2. The van der Waals surface area contributed by atoms with E-state index in [1.807, 2.05) is 14.0 Å². The van der Waals surface area contributed by atoms with Gasteiger partial charge in [0.2, 0.25) is 0 Å². The first-order chi connectivity index (χ1) is 7.72. The molecule has 0 radical (unpaired) electrons. The van der Waals surface area contributed by atoms with Crippen LogP contribution in [-0.4, -0.2) is 43.5 Å². The number of hydrazine groups is 1. The Bertz CT molecular complexity index is 220. The quantitative estimate of drug-likeness (QED) is 0.343. The summed E-state index contributed by atoms with van der Waals surface area (Å²) in [5, 5.41) is 3.21. The predicted octanol–water partition coefficient (Wildman–Crippen LogP) is -0.314. The summed E-state index contributed by atoms with van der Waals surface area (Å²) in [4.78, 5) is 13.9. The molecule has 0 saturated carbocycles. The predicted molar refractivity (Wildman–Crippen MR) is 64.6 cm³/mol. The maximum Gasteiger partial charge on any atom is 0.251 e. The Balaban J connectivity index is 2.53. The lowest BCUT2D eigenvalue weighted by Gasteiger charge is -2.36. The first-order valence-electron chi connectivity index (χ1n) is 6.12. The minimum Gasteiger partial charge on any atom is -0.319 e. The topological polar surface area (TPSA) is 70.4 Å². The summed E-state index contributed by atoms with van der Waals surface area (Å²) in [6.45, 7) is 5.05. The van der Waals surface area contributed by atoms with Gasteiger partial charge in [-0.3, -0.25) is 15.1 Å². The lowest BCUT2D eigenvalue weighted by atomic mass is 9.96. The van der Waals surface area contributed by atoms with E-state index in [9.17, 15) is 4.79 Å². The molecule has 0 aromatic heterocycles. The zero-order valence-corrected chi connectivity index (χ0v) is 10.3. The molecule has 1 rings (SSSR count). The fourth-order valence-corrected chi connectivity index (χ4v) is 2.54. The van der Waals surface area contributed by atoms with Gasteiger partial charge in [-0.1, -0.05) is 6.92 Å². The van der Waals surface area contributed by atoms with Crippen LogP contribution in [0.5, 0.6) is 0 Å². The molecule has 0 aliphatic carbocycles. The summed E-state index contributed by atoms with van der Waals surface area (Å²) < 4.78 is 0. The molecule has 2 unspecified atom stereocenters. The Morgan fingerprint density at radius 2 is 2.38 bits per heavy atom. The minimum absolute atomic E-state index is 0.0624. The van der Waals surface area contributed by atoms with Crippen LogP contribution in [-0.2, 0) is 4.79 Å². The zero-order valence-electron chi connectivity index (χ0n) is 10.3. The van der Waals surface area contributed by atoms with Crippen LogP contribution >= 0.6 is 0 Å². The van der Waals surface area contributed by atoms with Gasteiger partial charge in [-0.15, -0.1) is 0 Å². The van der Waals surface area contributed by atoms with E-state index in [0.717, 1.165) is 26.1 Å². The molecule has 1 saturated heterocycles. The third-order valence-electron chi connectivity index (χ3n) is 3.32. The summed E-state index contributed by atoms with van der Waals surface area (Å²) >= 11 is 0. The molecule has 16 heavy (non-hydrogen) atoms. The maximum atomic E-state index is 11.6. The standard InChI is InChI=1S/C11H24N4O/c1-3-10(11(16)14-12)15-6-4-5-9(8-15)7-13-2/h9-10,13H,3-8,12H2,1-2H3,(H,14,16). The molecular formula is C11H24N4O. The SMILES string of the molecule is CCC(C(=O)NN)N1CCCC(CNC)C1. The number of piperidine rings is 1. The molecule has 5 nitrogen and oxygen atoms in total. The number of hydrogen-bond acceptors (Lipinski definition) is 4. The monoisotopic (exact) mass is 228 g/mol. The van der Waals surface area contributed by atoms with E-state index in [-0.39, 0.29) is 11.9 Å². The van der Waals surface area contributed by atoms with Crippen LogP contribution in [0.1, 0.15) is 26.2 Å². The molecule has 94 valence electrons. The number of nitrogens with zero attached hydrogens (tertiary/aromatic N) is 1. The number of rotatable bonds is 5. The second-order valence-corrected chi connectivity index (χ2v) is 4.49. The van der Waals surface area contributed by atoms with E-state index in [1.54, 1.807) is 0 Å². The van der Waals surface area contributed by atoms with Crippen LogP contribution in [0.2, 0.25) is 0 Å². The number of carbonyl (C=O) groups is 1.